The zero-order chi connectivity index (χ0) is 8.43. The number of likely N-dealkylation sites (tertiary alicyclic amines) is 1. The Labute approximate surface area is 65.4 Å². The van der Waals surface area contributed by atoms with Crippen LogP contribution in [0.5, 0.6) is 0 Å². The van der Waals surface area contributed by atoms with Gasteiger partial charge in [0.25, 0.3) is 0 Å². The molecule has 1 amide bonds. The standard InChI is InChI=1S/C7H13NO3/c1-5(9)6-2-3-8(4-6)7(10)11/h5-6,9H,2-4H2,1H3,(H,10,11)/t5?,6-/m0/s1. The molecule has 2 atom stereocenters. The van der Waals surface area contributed by atoms with Gasteiger partial charge in [-0.1, -0.05) is 0 Å². The minimum absolute atomic E-state index is 0.131. The van der Waals surface area contributed by atoms with Crippen LogP contribution >= 0.6 is 0 Å². The molecule has 0 aromatic rings. The Morgan fingerprint density at radius 1 is 1.73 bits per heavy atom. The number of carbonyl (C=O) groups is 1. The fourth-order valence-electron chi connectivity index (χ4n) is 1.35. The summed E-state index contributed by atoms with van der Waals surface area (Å²) in [5, 5.41) is 17.7. The van der Waals surface area contributed by atoms with Gasteiger partial charge in [0.1, 0.15) is 0 Å². The summed E-state index contributed by atoms with van der Waals surface area (Å²) in [6.45, 7) is 2.74. The Bertz CT molecular complexity index is 158. The lowest BCUT2D eigenvalue weighted by atomic mass is 10.0. The summed E-state index contributed by atoms with van der Waals surface area (Å²) in [6.07, 6.45) is -0.489. The Morgan fingerprint density at radius 3 is 2.64 bits per heavy atom. The van der Waals surface area contributed by atoms with Gasteiger partial charge < -0.3 is 15.1 Å². The number of aliphatic hydroxyl groups excluding tert-OH is 1. The number of aliphatic hydroxyl groups is 1. The lowest BCUT2D eigenvalue weighted by molar-refractivity contribution is 0.121. The van der Waals surface area contributed by atoms with Crippen LogP contribution in [0.2, 0.25) is 0 Å². The molecule has 0 bridgehead atoms. The third-order valence-electron chi connectivity index (χ3n) is 2.18. The van der Waals surface area contributed by atoms with Crippen LogP contribution in [0.15, 0.2) is 0 Å². The minimum Gasteiger partial charge on any atom is -0.465 e. The van der Waals surface area contributed by atoms with Gasteiger partial charge in [0.2, 0.25) is 0 Å². The zero-order valence-corrected chi connectivity index (χ0v) is 6.53. The number of nitrogens with zero attached hydrogens (tertiary/aromatic N) is 1. The molecule has 1 saturated heterocycles. The lowest BCUT2D eigenvalue weighted by Gasteiger charge is -2.13. The van der Waals surface area contributed by atoms with Crippen molar-refractivity contribution < 1.29 is 15.0 Å². The van der Waals surface area contributed by atoms with Gasteiger partial charge in [0, 0.05) is 19.0 Å². The first-order chi connectivity index (χ1) is 5.11. The first-order valence-corrected chi connectivity index (χ1v) is 3.77. The lowest BCUT2D eigenvalue weighted by Crippen LogP contribution is -2.28. The fraction of sp³-hybridized carbons (Fsp3) is 0.857. The summed E-state index contributed by atoms with van der Waals surface area (Å²) < 4.78 is 0. The van der Waals surface area contributed by atoms with E-state index in [0.717, 1.165) is 6.42 Å². The molecule has 4 heteroatoms. The Morgan fingerprint density at radius 2 is 2.36 bits per heavy atom. The molecular formula is C7H13NO3. The van der Waals surface area contributed by atoms with Crippen molar-refractivity contribution in [2.24, 2.45) is 5.92 Å². The topological polar surface area (TPSA) is 60.8 Å². The molecule has 0 radical (unpaired) electrons. The molecule has 64 valence electrons. The van der Waals surface area contributed by atoms with E-state index in [9.17, 15) is 4.79 Å². The average molecular weight is 159 g/mol. The first-order valence-electron chi connectivity index (χ1n) is 3.77. The zero-order valence-electron chi connectivity index (χ0n) is 6.53. The summed E-state index contributed by atoms with van der Waals surface area (Å²) in [6, 6.07) is 0. The van der Waals surface area contributed by atoms with E-state index < -0.39 is 6.09 Å². The van der Waals surface area contributed by atoms with Gasteiger partial charge in [-0.15, -0.1) is 0 Å². The molecule has 1 aliphatic heterocycles. The van der Waals surface area contributed by atoms with Crippen LogP contribution in [0.3, 0.4) is 0 Å². The number of hydrogen-bond donors (Lipinski definition) is 2. The first kappa shape index (κ1) is 8.33. The smallest absolute Gasteiger partial charge is 0.407 e. The van der Waals surface area contributed by atoms with Gasteiger partial charge in [0.05, 0.1) is 6.10 Å². The predicted molar refractivity (Wildman–Crippen MR) is 39.4 cm³/mol. The summed E-state index contributed by atoms with van der Waals surface area (Å²) in [5.74, 6) is 0.131. The van der Waals surface area contributed by atoms with Crippen LogP contribution < -0.4 is 0 Å². The van der Waals surface area contributed by atoms with Crippen molar-refractivity contribution in [1.82, 2.24) is 4.90 Å². The largest absolute Gasteiger partial charge is 0.465 e. The fourth-order valence-corrected chi connectivity index (χ4v) is 1.35. The summed E-state index contributed by atoms with van der Waals surface area (Å²) in [7, 11) is 0. The maximum Gasteiger partial charge on any atom is 0.407 e. The summed E-state index contributed by atoms with van der Waals surface area (Å²) in [5.41, 5.74) is 0. The SMILES string of the molecule is CC(O)[C@H]1CCN(C(=O)O)C1. The van der Waals surface area contributed by atoms with Crippen molar-refractivity contribution in [3.05, 3.63) is 0 Å². The van der Waals surface area contributed by atoms with Gasteiger partial charge in [-0.2, -0.15) is 0 Å². The molecule has 0 spiro atoms. The molecule has 1 fully saturated rings. The van der Waals surface area contributed by atoms with Crippen LogP contribution in [0.1, 0.15) is 13.3 Å². The van der Waals surface area contributed by atoms with E-state index in [0.29, 0.717) is 13.1 Å². The minimum atomic E-state index is -0.881. The van der Waals surface area contributed by atoms with E-state index in [2.05, 4.69) is 0 Å². The molecule has 1 heterocycles. The third kappa shape index (κ3) is 1.83. The quantitative estimate of drug-likeness (QED) is 0.581. The number of amides is 1. The molecule has 11 heavy (non-hydrogen) atoms. The summed E-state index contributed by atoms with van der Waals surface area (Å²) in [4.78, 5) is 11.8. The molecule has 2 N–H and O–H groups in total. The Kier molecular flexibility index (Phi) is 2.34. The molecule has 0 aromatic carbocycles. The summed E-state index contributed by atoms with van der Waals surface area (Å²) >= 11 is 0. The molecule has 1 rings (SSSR count). The average Bonchev–Trinajstić information content (AvgIpc) is 2.33. The van der Waals surface area contributed by atoms with Crippen LogP contribution in [-0.4, -0.2) is 40.4 Å². The number of hydrogen-bond acceptors (Lipinski definition) is 2. The molecule has 1 unspecified atom stereocenters. The van der Waals surface area contributed by atoms with Crippen LogP contribution in [-0.2, 0) is 0 Å². The highest BCUT2D eigenvalue weighted by molar-refractivity contribution is 5.65. The maximum absolute atomic E-state index is 10.4. The van der Waals surface area contributed by atoms with Crippen molar-refractivity contribution in [1.29, 1.82) is 0 Å². The Hall–Kier alpha value is -0.770. The molecule has 1 aliphatic rings. The van der Waals surface area contributed by atoms with Crippen molar-refractivity contribution in [3.63, 3.8) is 0 Å². The highest BCUT2D eigenvalue weighted by Gasteiger charge is 2.28. The van der Waals surface area contributed by atoms with E-state index >= 15 is 0 Å². The highest BCUT2D eigenvalue weighted by Crippen LogP contribution is 2.19. The monoisotopic (exact) mass is 159 g/mol. The second-order valence-electron chi connectivity index (χ2n) is 3.02. The van der Waals surface area contributed by atoms with Gasteiger partial charge in [0.15, 0.2) is 0 Å². The Balaban J connectivity index is 2.41. The highest BCUT2D eigenvalue weighted by atomic mass is 16.4. The predicted octanol–water partition coefficient (Wildman–Crippen LogP) is 0.367. The molecular weight excluding hydrogens is 146 g/mol. The second-order valence-corrected chi connectivity index (χ2v) is 3.02. The van der Waals surface area contributed by atoms with Gasteiger partial charge >= 0.3 is 6.09 Å². The maximum atomic E-state index is 10.4. The van der Waals surface area contributed by atoms with E-state index in [1.165, 1.54) is 4.90 Å². The van der Waals surface area contributed by atoms with Gasteiger partial charge in [-0.25, -0.2) is 4.79 Å². The van der Waals surface area contributed by atoms with E-state index in [1.807, 2.05) is 0 Å². The van der Waals surface area contributed by atoms with E-state index in [4.69, 9.17) is 10.2 Å². The molecule has 0 aromatic heterocycles. The normalized spacial score (nSPS) is 27.1. The van der Waals surface area contributed by atoms with Crippen molar-refractivity contribution in [2.75, 3.05) is 13.1 Å². The molecule has 4 nitrogen and oxygen atoms in total. The van der Waals surface area contributed by atoms with Crippen molar-refractivity contribution >= 4 is 6.09 Å². The van der Waals surface area contributed by atoms with Crippen LogP contribution in [0.25, 0.3) is 0 Å². The van der Waals surface area contributed by atoms with Crippen LogP contribution in [0.4, 0.5) is 4.79 Å². The van der Waals surface area contributed by atoms with Crippen LogP contribution in [0, 0.1) is 5.92 Å². The number of carboxylic acid groups (broad SMARTS) is 1. The third-order valence-corrected chi connectivity index (χ3v) is 2.18. The van der Waals surface area contributed by atoms with Gasteiger partial charge in [-0.3, -0.25) is 0 Å². The molecule has 0 saturated carbocycles. The van der Waals surface area contributed by atoms with Gasteiger partial charge in [-0.05, 0) is 13.3 Å². The van der Waals surface area contributed by atoms with E-state index in [1.54, 1.807) is 6.92 Å². The van der Waals surface area contributed by atoms with Crippen molar-refractivity contribution in [2.45, 2.75) is 19.4 Å². The molecule has 0 aliphatic carbocycles. The van der Waals surface area contributed by atoms with E-state index in [-0.39, 0.29) is 12.0 Å². The number of rotatable bonds is 1. The second kappa shape index (κ2) is 3.09. The van der Waals surface area contributed by atoms with Crippen molar-refractivity contribution in [3.8, 4) is 0 Å².